The van der Waals surface area contributed by atoms with Crippen molar-refractivity contribution < 1.29 is 37.8 Å². The summed E-state index contributed by atoms with van der Waals surface area (Å²) in [5.41, 5.74) is 0. The maximum absolute atomic E-state index is 8.29. The smallest absolute Gasteiger partial charge is 0.0431 e. The van der Waals surface area contributed by atoms with Gasteiger partial charge in [0.1, 0.15) is 0 Å². The molecule has 0 fully saturated rings. The number of unbranched alkanes of at least 4 members (excludes halogenated alkanes) is 3. The van der Waals surface area contributed by atoms with Crippen LogP contribution in [0.15, 0.2) is 0 Å². The van der Waals surface area contributed by atoms with Crippen molar-refractivity contribution in [2.75, 3.05) is 6.61 Å². The molecule has 0 atom stereocenters. The molecule has 0 saturated carbocycles. The second-order valence-electron chi connectivity index (χ2n) is 3.34. The van der Waals surface area contributed by atoms with Gasteiger partial charge >= 0.3 is 0 Å². The van der Waals surface area contributed by atoms with Crippen LogP contribution in [0.5, 0.6) is 0 Å². The van der Waals surface area contributed by atoms with Gasteiger partial charge in [-0.15, -0.1) is 0 Å². The molecule has 78 valence electrons. The second-order valence-corrected chi connectivity index (χ2v) is 6.47. The molecule has 0 aliphatic rings. The molecule has 2 radical (unpaired) electrons. The van der Waals surface area contributed by atoms with Crippen molar-refractivity contribution in [3.05, 3.63) is 0 Å². The molecular weight excluding hydrogens is 253 g/mol. The zero-order valence-corrected chi connectivity index (χ0v) is 13.6. The summed E-state index contributed by atoms with van der Waals surface area (Å²) in [5, 5.41) is 8.29. The van der Waals surface area contributed by atoms with Crippen molar-refractivity contribution in [1.82, 2.24) is 0 Å². The molecule has 1 N–H and O–H groups in total. The van der Waals surface area contributed by atoms with E-state index in [9.17, 15) is 0 Å². The molecule has 0 spiro atoms. The van der Waals surface area contributed by atoms with Crippen molar-refractivity contribution in [2.24, 2.45) is 0 Å². The van der Waals surface area contributed by atoms with Crippen LogP contribution in [0.4, 0.5) is 0 Å². The Morgan fingerprint density at radius 3 is 1.69 bits per heavy atom. The Hall–Kier alpha value is 1.28. The zero-order valence-electron chi connectivity index (χ0n) is 9.77. The Labute approximate surface area is 111 Å². The second kappa shape index (κ2) is 19.0. The maximum Gasteiger partial charge on any atom is 0.0431 e. The van der Waals surface area contributed by atoms with Crippen LogP contribution < -0.4 is 0 Å². The Morgan fingerprint density at radius 1 is 1.00 bits per heavy atom. The zero-order chi connectivity index (χ0) is 9.82. The van der Waals surface area contributed by atoms with E-state index in [4.69, 9.17) is 5.11 Å². The van der Waals surface area contributed by atoms with Crippen molar-refractivity contribution in [1.29, 1.82) is 0 Å². The van der Waals surface area contributed by atoms with E-state index in [0.29, 0.717) is 6.61 Å². The molecule has 0 heterocycles. The van der Waals surface area contributed by atoms with E-state index < -0.39 is 0 Å². The summed E-state index contributed by atoms with van der Waals surface area (Å²) < 4.78 is 0. The average molecular weight is 278 g/mol. The van der Waals surface area contributed by atoms with Crippen LogP contribution in [0.3, 0.4) is 0 Å². The summed E-state index contributed by atoms with van der Waals surface area (Å²) in [7, 11) is 0.126. The van der Waals surface area contributed by atoms with Gasteiger partial charge in [-0.3, -0.25) is 0 Å². The van der Waals surface area contributed by atoms with Crippen LogP contribution >= 0.6 is 0 Å². The van der Waals surface area contributed by atoms with E-state index in [1.54, 1.807) is 0 Å². The summed E-state index contributed by atoms with van der Waals surface area (Å²) in [6.07, 6.45) is 4.68. The predicted octanol–water partition coefficient (Wildman–Crippen LogP) is 3.32. The minimum atomic E-state index is 0. The van der Waals surface area contributed by atoms with Crippen molar-refractivity contribution in [3.63, 3.8) is 0 Å². The molecule has 0 aromatic carbocycles. The van der Waals surface area contributed by atoms with Gasteiger partial charge in [0, 0.05) is 48.1 Å². The molecule has 0 aromatic heterocycles. The van der Waals surface area contributed by atoms with Crippen molar-refractivity contribution >= 4 is 8.80 Å². The largest absolute Gasteiger partial charge is 0.396 e. The molecule has 0 saturated heterocycles. The maximum atomic E-state index is 8.29. The molecule has 0 aromatic rings. The van der Waals surface area contributed by atoms with Gasteiger partial charge in [0.2, 0.25) is 0 Å². The van der Waals surface area contributed by atoms with Crippen LogP contribution in [0.2, 0.25) is 19.1 Å². The first-order valence-electron chi connectivity index (χ1n) is 5.08. The fourth-order valence-electron chi connectivity index (χ4n) is 0.539. The monoisotopic (exact) mass is 278 g/mol. The van der Waals surface area contributed by atoms with Gasteiger partial charge in [-0.05, 0) is 6.42 Å². The predicted molar refractivity (Wildman–Crippen MR) is 59.2 cm³/mol. The van der Waals surface area contributed by atoms with Gasteiger partial charge in [-0.1, -0.05) is 52.2 Å². The molecule has 0 unspecified atom stereocenters. The molecule has 3 heteroatoms. The molecule has 1 nitrogen and oxygen atoms in total. The quantitative estimate of drug-likeness (QED) is 0.604. The third kappa shape index (κ3) is 31.9. The van der Waals surface area contributed by atoms with Crippen LogP contribution in [-0.2, 0) is 32.7 Å². The number of hydrogen-bond acceptors (Lipinski definition) is 1. The standard InChI is InChI=1S/C6H14O.C4H11Si.Y/c1-2-3-4-5-6-7;1-4-5(2)3;/h7H,2-6H2,1H3;4H2,1-3H3;. The summed E-state index contributed by atoms with van der Waals surface area (Å²) >= 11 is 0. The fraction of sp³-hybridized carbons (Fsp3) is 1.00. The third-order valence-corrected chi connectivity index (χ3v) is 3.13. The normalized spacial score (nSPS) is 8.77. The van der Waals surface area contributed by atoms with Gasteiger partial charge in [-0.2, -0.15) is 0 Å². The Morgan fingerprint density at radius 2 is 1.46 bits per heavy atom. The van der Waals surface area contributed by atoms with Gasteiger partial charge in [0.05, 0.1) is 0 Å². The van der Waals surface area contributed by atoms with Gasteiger partial charge in [-0.25, -0.2) is 0 Å². The van der Waals surface area contributed by atoms with Crippen LogP contribution in [0.25, 0.3) is 0 Å². The molecule has 0 aliphatic carbocycles. The summed E-state index contributed by atoms with van der Waals surface area (Å²) in [5.74, 6) is 0. The third-order valence-electron chi connectivity index (χ3n) is 1.72. The topological polar surface area (TPSA) is 20.2 Å². The minimum Gasteiger partial charge on any atom is -0.396 e. The first kappa shape index (κ1) is 19.8. The number of aliphatic hydroxyl groups excluding tert-OH is 1. The fourth-order valence-corrected chi connectivity index (χ4v) is 0.539. The van der Waals surface area contributed by atoms with Crippen LogP contribution in [0.1, 0.15) is 39.5 Å². The Balaban J connectivity index is -0.000000150. The summed E-state index contributed by atoms with van der Waals surface area (Å²) in [6.45, 7) is 9.42. The van der Waals surface area contributed by atoms with Crippen LogP contribution in [0, 0.1) is 0 Å². The Bertz CT molecular complexity index is 65.9. The molecule has 0 rings (SSSR count). The minimum absolute atomic E-state index is 0. The molecule has 0 aliphatic heterocycles. The van der Waals surface area contributed by atoms with E-state index in [0.717, 1.165) is 6.42 Å². The summed E-state index contributed by atoms with van der Waals surface area (Å²) in [4.78, 5) is 0. The molecular formula is C10H25OSiY. The number of aliphatic hydroxyl groups is 1. The average Bonchev–Trinajstić information content (AvgIpc) is 2.07. The van der Waals surface area contributed by atoms with E-state index >= 15 is 0 Å². The summed E-state index contributed by atoms with van der Waals surface area (Å²) in [6, 6.07) is 1.41. The first-order chi connectivity index (χ1) is 5.68. The first-order valence-corrected chi connectivity index (χ1v) is 7.79. The number of hydrogen-bond donors (Lipinski definition) is 1. The Kier molecular flexibility index (Phi) is 28.9. The van der Waals surface area contributed by atoms with E-state index in [2.05, 4.69) is 26.9 Å². The van der Waals surface area contributed by atoms with Gasteiger partial charge in [0.15, 0.2) is 0 Å². The SMILES string of the molecule is CCCCCCO.CC[Si](C)C.[Y]. The molecule has 0 bridgehead atoms. The van der Waals surface area contributed by atoms with E-state index in [1.165, 1.54) is 25.3 Å². The van der Waals surface area contributed by atoms with Crippen molar-refractivity contribution in [2.45, 2.75) is 58.7 Å². The van der Waals surface area contributed by atoms with Crippen molar-refractivity contribution in [3.8, 4) is 0 Å². The number of rotatable bonds is 5. The van der Waals surface area contributed by atoms with Crippen LogP contribution in [-0.4, -0.2) is 20.5 Å². The van der Waals surface area contributed by atoms with E-state index in [-0.39, 0.29) is 41.5 Å². The molecule has 13 heavy (non-hydrogen) atoms. The van der Waals surface area contributed by atoms with E-state index in [1.807, 2.05) is 0 Å². The molecule has 0 amide bonds. The van der Waals surface area contributed by atoms with Gasteiger partial charge in [0.25, 0.3) is 0 Å². The van der Waals surface area contributed by atoms with Gasteiger partial charge < -0.3 is 5.11 Å².